The first kappa shape index (κ1) is 16.5. The lowest BCUT2D eigenvalue weighted by Gasteiger charge is -2.06. The minimum atomic E-state index is -0.266. The number of aryl methyl sites for hydroxylation is 1. The van der Waals surface area contributed by atoms with E-state index >= 15 is 0 Å². The Balaban J connectivity index is 1.63. The van der Waals surface area contributed by atoms with Gasteiger partial charge in [0.05, 0.1) is 12.8 Å². The summed E-state index contributed by atoms with van der Waals surface area (Å²) in [6.45, 7) is 2.11. The highest BCUT2D eigenvalue weighted by Gasteiger charge is 2.05. The van der Waals surface area contributed by atoms with Crippen LogP contribution >= 0.6 is 0 Å². The monoisotopic (exact) mass is 333 g/mol. The fraction of sp³-hybridized carbons (Fsp3) is 0.100. The molecule has 3 aromatic rings. The van der Waals surface area contributed by atoms with E-state index in [1.54, 1.807) is 6.07 Å². The van der Waals surface area contributed by atoms with Crippen LogP contribution in [-0.4, -0.2) is 23.8 Å². The van der Waals surface area contributed by atoms with Crippen molar-refractivity contribution in [3.8, 4) is 5.75 Å². The molecule has 3 rings (SSSR count). The molecule has 0 aliphatic rings. The maximum absolute atomic E-state index is 11.9. The van der Waals surface area contributed by atoms with Crippen LogP contribution in [0, 0.1) is 6.92 Å². The fourth-order valence-corrected chi connectivity index (χ4v) is 2.57. The number of hydrazone groups is 1. The molecule has 126 valence electrons. The van der Waals surface area contributed by atoms with Crippen molar-refractivity contribution in [2.75, 3.05) is 11.9 Å². The van der Waals surface area contributed by atoms with Gasteiger partial charge in [0.2, 0.25) is 0 Å². The van der Waals surface area contributed by atoms with E-state index in [0.29, 0.717) is 5.56 Å². The lowest BCUT2D eigenvalue weighted by molar-refractivity contribution is -0.119. The van der Waals surface area contributed by atoms with Crippen LogP contribution in [0.3, 0.4) is 0 Å². The van der Waals surface area contributed by atoms with Gasteiger partial charge in [-0.15, -0.1) is 0 Å². The van der Waals surface area contributed by atoms with Crippen molar-refractivity contribution >= 4 is 28.6 Å². The van der Waals surface area contributed by atoms with Gasteiger partial charge in [-0.1, -0.05) is 42.5 Å². The highest BCUT2D eigenvalue weighted by atomic mass is 16.3. The summed E-state index contributed by atoms with van der Waals surface area (Å²) in [5.74, 6) is -0.146. The van der Waals surface area contributed by atoms with E-state index in [-0.39, 0.29) is 18.2 Å². The van der Waals surface area contributed by atoms with Crippen molar-refractivity contribution in [1.82, 2.24) is 5.43 Å². The number of fused-ring (bicyclic) bond motifs is 1. The molecule has 25 heavy (non-hydrogen) atoms. The van der Waals surface area contributed by atoms with Gasteiger partial charge >= 0.3 is 0 Å². The summed E-state index contributed by atoms with van der Waals surface area (Å²) in [5.41, 5.74) is 5.04. The number of hydrogen-bond donors (Lipinski definition) is 3. The quantitative estimate of drug-likeness (QED) is 0.495. The molecule has 0 aliphatic heterocycles. The first-order valence-electron chi connectivity index (χ1n) is 7.96. The zero-order valence-corrected chi connectivity index (χ0v) is 13.9. The number of carbonyl (C=O) groups excluding carboxylic acids is 1. The molecule has 0 saturated carbocycles. The Hall–Kier alpha value is -3.34. The molecule has 0 fully saturated rings. The van der Waals surface area contributed by atoms with Gasteiger partial charge in [0, 0.05) is 11.3 Å². The van der Waals surface area contributed by atoms with Crippen molar-refractivity contribution in [3.63, 3.8) is 0 Å². The highest BCUT2D eigenvalue weighted by molar-refractivity contribution is 6.02. The van der Waals surface area contributed by atoms with Crippen LogP contribution in [0.25, 0.3) is 10.8 Å². The number of nitrogens with zero attached hydrogens (tertiary/aromatic N) is 1. The molecule has 0 bridgehead atoms. The zero-order valence-electron chi connectivity index (χ0n) is 13.9. The summed E-state index contributed by atoms with van der Waals surface area (Å²) in [6, 6.07) is 18.9. The van der Waals surface area contributed by atoms with E-state index in [1.165, 1.54) is 6.21 Å². The van der Waals surface area contributed by atoms with Gasteiger partial charge < -0.3 is 10.4 Å². The van der Waals surface area contributed by atoms with Crippen LogP contribution in [0.15, 0.2) is 65.8 Å². The van der Waals surface area contributed by atoms with Gasteiger partial charge in [-0.2, -0.15) is 5.10 Å². The van der Waals surface area contributed by atoms with Crippen molar-refractivity contribution in [2.24, 2.45) is 5.10 Å². The lowest BCUT2D eigenvalue weighted by Crippen LogP contribution is -2.25. The van der Waals surface area contributed by atoms with Crippen LogP contribution in [0.5, 0.6) is 5.75 Å². The third-order valence-electron chi connectivity index (χ3n) is 3.80. The number of nitrogens with one attached hydrogen (secondary N) is 2. The topological polar surface area (TPSA) is 73.7 Å². The summed E-state index contributed by atoms with van der Waals surface area (Å²) >= 11 is 0. The van der Waals surface area contributed by atoms with Crippen LogP contribution in [0.1, 0.15) is 11.1 Å². The molecular formula is C20H19N3O2. The standard InChI is InChI=1S/C20H19N3O2/c1-14-5-4-7-16(11-14)21-13-20(25)23-22-12-18-17-8-3-2-6-15(17)9-10-19(18)24/h2-12,21,24H,13H2,1H3,(H,23,25)/b22-12+. The zero-order chi connectivity index (χ0) is 17.6. The molecular weight excluding hydrogens is 314 g/mol. The van der Waals surface area contributed by atoms with Gasteiger partial charge in [0.1, 0.15) is 5.75 Å². The molecule has 5 nitrogen and oxygen atoms in total. The number of phenolic OH excluding ortho intramolecular Hbond substituents is 1. The number of aromatic hydroxyl groups is 1. The second-order valence-electron chi connectivity index (χ2n) is 5.74. The third-order valence-corrected chi connectivity index (χ3v) is 3.80. The highest BCUT2D eigenvalue weighted by Crippen LogP contribution is 2.25. The number of benzene rings is 3. The molecule has 0 atom stereocenters. The van der Waals surface area contributed by atoms with Crippen LogP contribution < -0.4 is 10.7 Å². The molecule has 1 amide bonds. The average Bonchev–Trinajstić information content (AvgIpc) is 2.62. The van der Waals surface area contributed by atoms with Crippen LogP contribution in [0.4, 0.5) is 5.69 Å². The number of rotatable bonds is 5. The van der Waals surface area contributed by atoms with Gasteiger partial charge in [0.15, 0.2) is 0 Å². The fourth-order valence-electron chi connectivity index (χ4n) is 2.57. The van der Waals surface area contributed by atoms with Crippen molar-refractivity contribution in [2.45, 2.75) is 6.92 Å². The average molecular weight is 333 g/mol. The molecule has 3 aromatic carbocycles. The molecule has 0 unspecified atom stereocenters. The van der Waals surface area contributed by atoms with Gasteiger partial charge in [-0.25, -0.2) is 5.43 Å². The minimum Gasteiger partial charge on any atom is -0.507 e. The minimum absolute atomic E-state index is 0.113. The Morgan fingerprint density at radius 1 is 1.12 bits per heavy atom. The second-order valence-corrected chi connectivity index (χ2v) is 5.74. The van der Waals surface area contributed by atoms with E-state index < -0.39 is 0 Å². The summed E-state index contributed by atoms with van der Waals surface area (Å²) in [5, 5.41) is 18.9. The molecule has 3 N–H and O–H groups in total. The number of amides is 1. The van der Waals surface area contributed by atoms with E-state index in [9.17, 15) is 9.90 Å². The predicted molar refractivity (Wildman–Crippen MR) is 101 cm³/mol. The lowest BCUT2D eigenvalue weighted by atomic mass is 10.0. The molecule has 5 heteroatoms. The molecule has 0 heterocycles. The van der Waals surface area contributed by atoms with Crippen LogP contribution in [0.2, 0.25) is 0 Å². The smallest absolute Gasteiger partial charge is 0.259 e. The molecule has 0 aliphatic carbocycles. The third kappa shape index (κ3) is 4.14. The predicted octanol–water partition coefficient (Wildman–Crippen LogP) is 3.42. The SMILES string of the molecule is Cc1cccc(NCC(=O)N/N=C/c2c(O)ccc3ccccc23)c1. The van der Waals surface area contributed by atoms with Crippen LogP contribution in [-0.2, 0) is 4.79 Å². The summed E-state index contributed by atoms with van der Waals surface area (Å²) in [4.78, 5) is 11.9. The maximum Gasteiger partial charge on any atom is 0.259 e. The Morgan fingerprint density at radius 3 is 2.80 bits per heavy atom. The first-order chi connectivity index (χ1) is 12.1. The van der Waals surface area contributed by atoms with Gasteiger partial charge in [-0.05, 0) is 41.5 Å². The van der Waals surface area contributed by atoms with E-state index in [4.69, 9.17) is 0 Å². The number of carbonyl (C=O) groups is 1. The Labute approximate surface area is 146 Å². The van der Waals surface area contributed by atoms with Crippen molar-refractivity contribution in [3.05, 3.63) is 71.8 Å². The number of phenols is 1. The van der Waals surface area contributed by atoms with E-state index in [0.717, 1.165) is 22.0 Å². The normalized spacial score (nSPS) is 10.9. The van der Waals surface area contributed by atoms with Crippen molar-refractivity contribution < 1.29 is 9.90 Å². The number of anilines is 1. The molecule has 0 spiro atoms. The summed E-state index contributed by atoms with van der Waals surface area (Å²) < 4.78 is 0. The second kappa shape index (κ2) is 7.49. The van der Waals surface area contributed by atoms with Crippen molar-refractivity contribution in [1.29, 1.82) is 0 Å². The summed E-state index contributed by atoms with van der Waals surface area (Å²) in [6.07, 6.45) is 1.46. The maximum atomic E-state index is 11.9. The summed E-state index contributed by atoms with van der Waals surface area (Å²) in [7, 11) is 0. The van der Waals surface area contributed by atoms with E-state index in [2.05, 4.69) is 15.8 Å². The molecule has 0 radical (unpaired) electrons. The largest absolute Gasteiger partial charge is 0.507 e. The Morgan fingerprint density at radius 2 is 1.96 bits per heavy atom. The number of hydrogen-bond acceptors (Lipinski definition) is 4. The molecule has 0 saturated heterocycles. The Bertz CT molecular complexity index is 935. The molecule has 0 aromatic heterocycles. The van der Waals surface area contributed by atoms with Gasteiger partial charge in [-0.3, -0.25) is 4.79 Å². The Kier molecular flexibility index (Phi) is 4.95. The van der Waals surface area contributed by atoms with E-state index in [1.807, 2.05) is 61.5 Å². The first-order valence-corrected chi connectivity index (χ1v) is 7.96. The van der Waals surface area contributed by atoms with Gasteiger partial charge in [0.25, 0.3) is 5.91 Å².